The van der Waals surface area contributed by atoms with Crippen LogP contribution in [0.4, 0.5) is 5.69 Å². The van der Waals surface area contributed by atoms with Crippen LogP contribution < -0.4 is 14.4 Å². The van der Waals surface area contributed by atoms with E-state index in [1.165, 1.54) is 28.8 Å². The number of anilines is 1. The summed E-state index contributed by atoms with van der Waals surface area (Å²) < 4.78 is 35.3. The predicted molar refractivity (Wildman–Crippen MR) is 199 cm³/mol. The Morgan fingerprint density at radius 2 is 1.57 bits per heavy atom. The van der Waals surface area contributed by atoms with E-state index < -0.39 is 28.5 Å². The van der Waals surface area contributed by atoms with Crippen molar-refractivity contribution in [3.05, 3.63) is 118 Å². The van der Waals surface area contributed by atoms with Gasteiger partial charge in [0.1, 0.15) is 18.3 Å². The van der Waals surface area contributed by atoms with Gasteiger partial charge in [0.2, 0.25) is 11.8 Å². The standard InChI is InChI=1S/C37H41Cl2N3O5S2/c1-4-6-22-40-37(44)35(24-27-10-8-7-9-11-27)41(25-28-12-21-33(38)34(39)23-28)36(43)26-42(29-13-15-30(16-14-29)47-5-2)49(45,46)32-19-17-31(48-3)18-20-32/h7-21,23,35H,4-6,22,24-26H2,1-3H3,(H,40,44)/t35-/m0/s1. The van der Waals surface area contributed by atoms with Gasteiger partial charge in [0, 0.05) is 24.4 Å². The molecule has 0 bridgehead atoms. The molecule has 0 saturated carbocycles. The minimum atomic E-state index is -4.24. The van der Waals surface area contributed by atoms with Crippen molar-refractivity contribution in [1.29, 1.82) is 0 Å². The lowest BCUT2D eigenvalue weighted by atomic mass is 10.0. The summed E-state index contributed by atoms with van der Waals surface area (Å²) in [6, 6.07) is 26.5. The molecule has 0 aliphatic carbocycles. The summed E-state index contributed by atoms with van der Waals surface area (Å²) in [5.41, 5.74) is 1.74. The number of nitrogens with zero attached hydrogens (tertiary/aromatic N) is 2. The van der Waals surface area contributed by atoms with Crippen molar-refractivity contribution in [1.82, 2.24) is 10.2 Å². The van der Waals surface area contributed by atoms with Crippen LogP contribution in [0.3, 0.4) is 0 Å². The van der Waals surface area contributed by atoms with Crippen LogP contribution >= 0.6 is 35.0 Å². The maximum atomic E-state index is 14.6. The number of halogens is 2. The highest BCUT2D eigenvalue weighted by molar-refractivity contribution is 7.98. The van der Waals surface area contributed by atoms with Crippen molar-refractivity contribution >= 4 is 62.5 Å². The summed E-state index contributed by atoms with van der Waals surface area (Å²) >= 11 is 14.1. The maximum Gasteiger partial charge on any atom is 0.264 e. The minimum Gasteiger partial charge on any atom is -0.494 e. The second-order valence-electron chi connectivity index (χ2n) is 11.2. The van der Waals surface area contributed by atoms with Crippen molar-refractivity contribution in [2.24, 2.45) is 0 Å². The zero-order valence-electron chi connectivity index (χ0n) is 27.8. The fraction of sp³-hybridized carbons (Fsp3) is 0.297. The van der Waals surface area contributed by atoms with E-state index in [-0.39, 0.29) is 29.5 Å². The molecule has 0 heterocycles. The number of thioether (sulfide) groups is 1. The van der Waals surface area contributed by atoms with Gasteiger partial charge in [-0.1, -0.05) is 72.9 Å². The van der Waals surface area contributed by atoms with Gasteiger partial charge in [0.15, 0.2) is 0 Å². The van der Waals surface area contributed by atoms with Gasteiger partial charge in [-0.3, -0.25) is 13.9 Å². The van der Waals surface area contributed by atoms with E-state index in [2.05, 4.69) is 5.32 Å². The fourth-order valence-electron chi connectivity index (χ4n) is 5.17. The van der Waals surface area contributed by atoms with Gasteiger partial charge in [0.25, 0.3) is 10.0 Å². The molecule has 0 unspecified atom stereocenters. The Kier molecular flexibility index (Phi) is 14.3. The Hall–Kier alpha value is -3.70. The molecule has 1 N–H and O–H groups in total. The fourth-order valence-corrected chi connectivity index (χ4v) is 7.32. The number of ether oxygens (including phenoxy) is 1. The Bertz CT molecular complexity index is 1790. The Morgan fingerprint density at radius 1 is 0.878 bits per heavy atom. The number of amides is 2. The predicted octanol–water partition coefficient (Wildman–Crippen LogP) is 7.87. The lowest BCUT2D eigenvalue weighted by Crippen LogP contribution is -2.53. The molecule has 1 atom stereocenters. The number of unbranched alkanes of at least 4 members (excludes halogenated alkanes) is 1. The molecule has 4 aromatic rings. The molecule has 0 aliphatic heterocycles. The van der Waals surface area contributed by atoms with E-state index in [1.807, 2.05) is 50.4 Å². The zero-order chi connectivity index (χ0) is 35.4. The molecule has 260 valence electrons. The number of rotatable bonds is 17. The number of carbonyl (C=O) groups is 2. The van der Waals surface area contributed by atoms with Crippen LogP contribution in [0.15, 0.2) is 107 Å². The molecular formula is C37H41Cl2N3O5S2. The second-order valence-corrected chi connectivity index (χ2v) is 14.8. The van der Waals surface area contributed by atoms with Crippen LogP contribution in [0.2, 0.25) is 10.0 Å². The lowest BCUT2D eigenvalue weighted by Gasteiger charge is -2.34. The first-order chi connectivity index (χ1) is 23.6. The van der Waals surface area contributed by atoms with E-state index in [1.54, 1.807) is 54.6 Å². The second kappa shape index (κ2) is 18.3. The largest absolute Gasteiger partial charge is 0.494 e. The molecular weight excluding hydrogens is 701 g/mol. The smallest absolute Gasteiger partial charge is 0.264 e. The van der Waals surface area contributed by atoms with Crippen LogP contribution in [-0.2, 0) is 32.6 Å². The highest BCUT2D eigenvalue weighted by Crippen LogP contribution is 2.29. The first-order valence-electron chi connectivity index (χ1n) is 16.0. The molecule has 2 amide bonds. The van der Waals surface area contributed by atoms with Gasteiger partial charge in [-0.25, -0.2) is 8.42 Å². The third-order valence-electron chi connectivity index (χ3n) is 7.80. The number of nitrogens with one attached hydrogen (secondary N) is 1. The average molecular weight is 743 g/mol. The molecule has 4 aromatic carbocycles. The Morgan fingerprint density at radius 3 is 2.18 bits per heavy atom. The van der Waals surface area contributed by atoms with Crippen LogP contribution in [0.5, 0.6) is 5.75 Å². The van der Waals surface area contributed by atoms with Crippen LogP contribution in [0.1, 0.15) is 37.8 Å². The third kappa shape index (κ3) is 10.4. The summed E-state index contributed by atoms with van der Waals surface area (Å²) in [5, 5.41) is 3.63. The number of benzene rings is 4. The Balaban J connectivity index is 1.80. The van der Waals surface area contributed by atoms with Gasteiger partial charge in [-0.15, -0.1) is 11.8 Å². The van der Waals surface area contributed by atoms with Gasteiger partial charge >= 0.3 is 0 Å². The molecule has 0 aliphatic rings. The number of hydrogen-bond donors (Lipinski definition) is 1. The summed E-state index contributed by atoms with van der Waals surface area (Å²) in [4.78, 5) is 30.9. The Labute approximate surface area is 303 Å². The summed E-state index contributed by atoms with van der Waals surface area (Å²) in [6.07, 6.45) is 3.75. The van der Waals surface area contributed by atoms with E-state index in [0.29, 0.717) is 34.5 Å². The normalized spacial score (nSPS) is 11.9. The summed E-state index contributed by atoms with van der Waals surface area (Å²) in [5.74, 6) is -0.350. The highest BCUT2D eigenvalue weighted by Gasteiger charge is 2.34. The molecule has 0 aromatic heterocycles. The summed E-state index contributed by atoms with van der Waals surface area (Å²) in [7, 11) is -4.24. The molecule has 0 radical (unpaired) electrons. The average Bonchev–Trinajstić information content (AvgIpc) is 3.11. The zero-order valence-corrected chi connectivity index (χ0v) is 30.9. The van der Waals surface area contributed by atoms with E-state index in [9.17, 15) is 18.0 Å². The molecule has 0 spiro atoms. The monoisotopic (exact) mass is 741 g/mol. The minimum absolute atomic E-state index is 0.0198. The first-order valence-corrected chi connectivity index (χ1v) is 19.4. The topological polar surface area (TPSA) is 96.0 Å². The van der Waals surface area contributed by atoms with E-state index >= 15 is 0 Å². The molecule has 49 heavy (non-hydrogen) atoms. The van der Waals surface area contributed by atoms with Crippen LogP contribution in [0.25, 0.3) is 0 Å². The van der Waals surface area contributed by atoms with Crippen molar-refractivity contribution in [2.45, 2.75) is 55.5 Å². The van der Waals surface area contributed by atoms with Gasteiger partial charge in [-0.2, -0.15) is 0 Å². The van der Waals surface area contributed by atoms with Crippen molar-refractivity contribution in [3.63, 3.8) is 0 Å². The van der Waals surface area contributed by atoms with Gasteiger partial charge < -0.3 is 15.0 Å². The number of carbonyl (C=O) groups excluding carboxylic acids is 2. The van der Waals surface area contributed by atoms with Crippen molar-refractivity contribution in [3.8, 4) is 5.75 Å². The van der Waals surface area contributed by atoms with Crippen LogP contribution in [0, 0.1) is 0 Å². The number of hydrogen-bond acceptors (Lipinski definition) is 6. The van der Waals surface area contributed by atoms with Crippen LogP contribution in [-0.4, -0.2) is 57.1 Å². The van der Waals surface area contributed by atoms with E-state index in [4.69, 9.17) is 27.9 Å². The quantitative estimate of drug-likeness (QED) is 0.0875. The maximum absolute atomic E-state index is 14.6. The van der Waals surface area contributed by atoms with Gasteiger partial charge in [-0.05, 0) is 91.4 Å². The molecule has 4 rings (SSSR count). The first kappa shape index (κ1) is 38.1. The molecule has 12 heteroatoms. The lowest BCUT2D eigenvalue weighted by molar-refractivity contribution is -0.140. The van der Waals surface area contributed by atoms with Crippen molar-refractivity contribution < 1.29 is 22.7 Å². The SMILES string of the molecule is CCCCNC(=O)[C@H](Cc1ccccc1)N(Cc1ccc(Cl)c(Cl)c1)C(=O)CN(c1ccc(OCC)cc1)S(=O)(=O)c1ccc(SC)cc1. The summed E-state index contributed by atoms with van der Waals surface area (Å²) in [6.45, 7) is 4.17. The highest BCUT2D eigenvalue weighted by atomic mass is 35.5. The molecule has 0 fully saturated rings. The van der Waals surface area contributed by atoms with E-state index in [0.717, 1.165) is 27.6 Å². The number of sulfonamides is 1. The molecule has 0 saturated heterocycles. The van der Waals surface area contributed by atoms with Crippen molar-refractivity contribution in [2.75, 3.05) is 30.3 Å². The third-order valence-corrected chi connectivity index (χ3v) is 11.1. The molecule has 8 nitrogen and oxygen atoms in total. The van der Waals surface area contributed by atoms with Gasteiger partial charge in [0.05, 0.1) is 27.2 Å².